The lowest BCUT2D eigenvalue weighted by Crippen LogP contribution is -2.01. The zero-order valence-electron chi connectivity index (χ0n) is 13.7. The fraction of sp³-hybridized carbons (Fsp3) is 0.100. The molecule has 0 aliphatic rings. The number of aromatic nitrogens is 4. The minimum Gasteiger partial charge on any atom is -0.325 e. The predicted molar refractivity (Wildman–Crippen MR) is 96.3 cm³/mol. The summed E-state index contributed by atoms with van der Waals surface area (Å²) in [5.41, 5.74) is 4.46. The molecule has 0 atom stereocenters. The fourth-order valence-corrected chi connectivity index (χ4v) is 2.99. The van der Waals surface area contributed by atoms with Gasteiger partial charge < -0.3 is 9.13 Å². The Morgan fingerprint density at radius 3 is 1.33 bits per heavy atom. The highest BCUT2D eigenvalue weighted by Gasteiger charge is 2.16. The quantitative estimate of drug-likeness (QED) is 0.569. The lowest BCUT2D eigenvalue weighted by Gasteiger charge is -2.08. The van der Waals surface area contributed by atoms with Crippen LogP contribution in [0.15, 0.2) is 73.1 Å². The van der Waals surface area contributed by atoms with Gasteiger partial charge in [-0.2, -0.15) is 0 Å². The van der Waals surface area contributed by atoms with Crippen LogP contribution in [0.5, 0.6) is 0 Å². The van der Waals surface area contributed by atoms with E-state index < -0.39 is 0 Å². The Morgan fingerprint density at radius 2 is 0.958 bits per heavy atom. The first-order valence-electron chi connectivity index (χ1n) is 7.90. The third-order valence-electron chi connectivity index (χ3n) is 4.32. The van der Waals surface area contributed by atoms with Gasteiger partial charge in [-0.05, 0) is 11.1 Å². The van der Waals surface area contributed by atoms with Gasteiger partial charge in [0.1, 0.15) is 0 Å². The molecule has 24 heavy (non-hydrogen) atoms. The van der Waals surface area contributed by atoms with E-state index in [1.807, 2.05) is 62.9 Å². The van der Waals surface area contributed by atoms with Crippen LogP contribution >= 0.6 is 0 Å². The molecule has 0 aliphatic heterocycles. The lowest BCUT2D eigenvalue weighted by molar-refractivity contribution is 0.868. The van der Waals surface area contributed by atoms with E-state index in [1.165, 1.54) is 0 Å². The van der Waals surface area contributed by atoms with E-state index in [9.17, 15) is 0 Å². The summed E-state index contributed by atoms with van der Waals surface area (Å²) in [6.07, 6.45) is 3.81. The highest BCUT2D eigenvalue weighted by Crippen LogP contribution is 2.27. The summed E-state index contributed by atoms with van der Waals surface area (Å²) in [4.78, 5) is 9.22. The molecule has 2 aromatic carbocycles. The van der Waals surface area contributed by atoms with Crippen molar-refractivity contribution in [2.75, 3.05) is 0 Å². The van der Waals surface area contributed by atoms with Crippen molar-refractivity contribution in [3.05, 3.63) is 73.1 Å². The van der Waals surface area contributed by atoms with E-state index in [2.05, 4.69) is 43.4 Å². The SMILES string of the molecule is Cn1c(-c2ccccc2)cnc1-c1ncc(-c2ccccc2)n1C. The standard InChI is InChI=1S/C20H18N4/c1-23-17(15-9-5-3-6-10-15)13-21-19(23)20-22-14-18(24(20)2)16-11-7-4-8-12-16/h3-14H,1-2H3. The van der Waals surface area contributed by atoms with Crippen molar-refractivity contribution in [2.45, 2.75) is 0 Å². The molecule has 0 bridgehead atoms. The van der Waals surface area contributed by atoms with Gasteiger partial charge in [0.2, 0.25) is 0 Å². The van der Waals surface area contributed by atoms with Gasteiger partial charge in [-0.15, -0.1) is 0 Å². The van der Waals surface area contributed by atoms with Crippen LogP contribution in [0, 0.1) is 0 Å². The highest BCUT2D eigenvalue weighted by molar-refractivity contribution is 5.66. The maximum atomic E-state index is 4.61. The molecule has 2 aromatic heterocycles. The van der Waals surface area contributed by atoms with Crippen LogP contribution in [0.25, 0.3) is 34.2 Å². The molecule has 118 valence electrons. The van der Waals surface area contributed by atoms with Crippen molar-refractivity contribution in [1.29, 1.82) is 0 Å². The van der Waals surface area contributed by atoms with Crippen molar-refractivity contribution in [2.24, 2.45) is 14.1 Å². The van der Waals surface area contributed by atoms with Gasteiger partial charge in [0.25, 0.3) is 0 Å². The first-order valence-corrected chi connectivity index (χ1v) is 7.90. The van der Waals surface area contributed by atoms with E-state index in [4.69, 9.17) is 0 Å². The van der Waals surface area contributed by atoms with Crippen molar-refractivity contribution < 1.29 is 0 Å². The highest BCUT2D eigenvalue weighted by atomic mass is 15.2. The molecule has 0 saturated carbocycles. The molecule has 4 nitrogen and oxygen atoms in total. The van der Waals surface area contributed by atoms with E-state index >= 15 is 0 Å². The van der Waals surface area contributed by atoms with Crippen LogP contribution < -0.4 is 0 Å². The summed E-state index contributed by atoms with van der Waals surface area (Å²) in [5, 5.41) is 0. The van der Waals surface area contributed by atoms with Crippen LogP contribution in [0.3, 0.4) is 0 Å². The number of nitrogens with zero attached hydrogens (tertiary/aromatic N) is 4. The Kier molecular flexibility index (Phi) is 3.50. The van der Waals surface area contributed by atoms with Crippen molar-refractivity contribution in [3.8, 4) is 34.2 Å². The van der Waals surface area contributed by atoms with E-state index in [0.29, 0.717) is 0 Å². The third kappa shape index (κ3) is 2.33. The van der Waals surface area contributed by atoms with Crippen LogP contribution in [0.4, 0.5) is 0 Å². The molecular formula is C20H18N4. The maximum Gasteiger partial charge on any atom is 0.176 e. The topological polar surface area (TPSA) is 35.6 Å². The molecule has 0 aliphatic carbocycles. The summed E-state index contributed by atoms with van der Waals surface area (Å²) in [6, 6.07) is 20.6. The molecule has 0 fully saturated rings. The maximum absolute atomic E-state index is 4.61. The van der Waals surface area contributed by atoms with Gasteiger partial charge in [0, 0.05) is 14.1 Å². The minimum absolute atomic E-state index is 0.860. The molecule has 0 spiro atoms. The van der Waals surface area contributed by atoms with Crippen LogP contribution in [-0.2, 0) is 14.1 Å². The zero-order valence-corrected chi connectivity index (χ0v) is 13.7. The molecule has 4 aromatic rings. The second kappa shape index (κ2) is 5.81. The Balaban J connectivity index is 1.79. The van der Waals surface area contributed by atoms with Gasteiger partial charge in [-0.1, -0.05) is 60.7 Å². The van der Waals surface area contributed by atoms with Gasteiger partial charge in [-0.3, -0.25) is 0 Å². The Hall–Kier alpha value is -3.14. The average molecular weight is 314 g/mol. The Labute approximate surface area is 141 Å². The molecule has 4 rings (SSSR count). The first kappa shape index (κ1) is 14.5. The Morgan fingerprint density at radius 1 is 0.583 bits per heavy atom. The van der Waals surface area contributed by atoms with Crippen LogP contribution in [0.1, 0.15) is 0 Å². The Bertz CT molecular complexity index is 884. The van der Waals surface area contributed by atoms with E-state index in [-0.39, 0.29) is 0 Å². The molecular weight excluding hydrogens is 296 g/mol. The average Bonchev–Trinajstić information content (AvgIpc) is 3.19. The molecule has 0 unspecified atom stereocenters. The molecule has 0 N–H and O–H groups in total. The van der Waals surface area contributed by atoms with Gasteiger partial charge in [0.15, 0.2) is 11.6 Å². The minimum atomic E-state index is 0.860. The normalized spacial score (nSPS) is 10.9. The second-order valence-electron chi connectivity index (χ2n) is 5.78. The summed E-state index contributed by atoms with van der Waals surface area (Å²) in [6.45, 7) is 0. The van der Waals surface area contributed by atoms with Gasteiger partial charge >= 0.3 is 0 Å². The number of benzene rings is 2. The summed E-state index contributed by atoms with van der Waals surface area (Å²) in [7, 11) is 4.06. The number of imidazole rings is 2. The third-order valence-corrected chi connectivity index (χ3v) is 4.32. The predicted octanol–water partition coefficient (Wildman–Crippen LogP) is 4.15. The summed E-state index contributed by atoms with van der Waals surface area (Å²) in [5.74, 6) is 1.72. The van der Waals surface area contributed by atoms with Crippen molar-refractivity contribution in [3.63, 3.8) is 0 Å². The molecule has 0 saturated heterocycles. The summed E-state index contributed by atoms with van der Waals surface area (Å²) < 4.78 is 4.18. The molecule has 4 heteroatoms. The van der Waals surface area contributed by atoms with Crippen LogP contribution in [0.2, 0.25) is 0 Å². The van der Waals surface area contributed by atoms with Gasteiger partial charge in [-0.25, -0.2) is 9.97 Å². The largest absolute Gasteiger partial charge is 0.325 e. The van der Waals surface area contributed by atoms with Crippen molar-refractivity contribution >= 4 is 0 Å². The lowest BCUT2D eigenvalue weighted by atomic mass is 10.2. The van der Waals surface area contributed by atoms with E-state index in [1.54, 1.807) is 0 Å². The molecule has 0 amide bonds. The number of hydrogen-bond donors (Lipinski definition) is 0. The smallest absolute Gasteiger partial charge is 0.176 e. The summed E-state index contributed by atoms with van der Waals surface area (Å²) >= 11 is 0. The number of hydrogen-bond acceptors (Lipinski definition) is 2. The van der Waals surface area contributed by atoms with Crippen LogP contribution in [-0.4, -0.2) is 19.1 Å². The fourth-order valence-electron chi connectivity index (χ4n) is 2.99. The molecule has 0 radical (unpaired) electrons. The zero-order chi connectivity index (χ0) is 16.5. The first-order chi connectivity index (χ1) is 11.8. The number of rotatable bonds is 3. The second-order valence-corrected chi connectivity index (χ2v) is 5.78. The molecule has 2 heterocycles. The monoisotopic (exact) mass is 314 g/mol. The van der Waals surface area contributed by atoms with Gasteiger partial charge in [0.05, 0.1) is 23.8 Å². The van der Waals surface area contributed by atoms with Crippen molar-refractivity contribution in [1.82, 2.24) is 19.1 Å². The van der Waals surface area contributed by atoms with E-state index in [0.717, 1.165) is 34.2 Å².